The van der Waals surface area contributed by atoms with Gasteiger partial charge in [-0.15, -0.1) is 0 Å². The first-order chi connectivity index (χ1) is 17.2. The average molecular weight is 618 g/mol. The number of aryl methyl sites for hydroxylation is 1. The first-order valence-electron chi connectivity index (χ1n) is 13.2. The van der Waals surface area contributed by atoms with Crippen LogP contribution in [0.1, 0.15) is 47.5 Å². The third-order valence-corrected chi connectivity index (χ3v) is 30.6. The van der Waals surface area contributed by atoms with Gasteiger partial charge in [0, 0.05) is 0 Å². The monoisotopic (exact) mass is 615 g/mol. The largest absolute Gasteiger partial charge is 1.00 e. The molecule has 0 spiro atoms. The van der Waals surface area contributed by atoms with Crippen molar-refractivity contribution in [3.63, 3.8) is 0 Å². The van der Waals surface area contributed by atoms with Crippen LogP contribution in [0.15, 0.2) is 90.5 Å². The van der Waals surface area contributed by atoms with E-state index in [0.29, 0.717) is 9.54 Å². The maximum Gasteiger partial charge on any atom is -1.00 e. The first kappa shape index (κ1) is 26.9. The maximum atomic E-state index is 2.66. The van der Waals surface area contributed by atoms with Crippen LogP contribution in [0.3, 0.4) is 0 Å². The Hall–Kier alpha value is -1.70. The van der Waals surface area contributed by atoms with Crippen molar-refractivity contribution in [3.05, 3.63) is 107 Å². The van der Waals surface area contributed by atoms with Crippen molar-refractivity contribution < 1.29 is 45.7 Å². The molecule has 0 amide bonds. The fraction of sp³-hybridized carbons (Fsp3) is 0.212. The van der Waals surface area contributed by atoms with Crippen LogP contribution < -0.4 is 38.5 Å². The van der Waals surface area contributed by atoms with Crippen molar-refractivity contribution in [3.8, 4) is 22.3 Å². The summed E-state index contributed by atoms with van der Waals surface area (Å²) in [4.78, 5) is 0. The van der Waals surface area contributed by atoms with E-state index < -0.39 is 26.8 Å². The molecule has 0 saturated carbocycles. The van der Waals surface area contributed by atoms with Gasteiger partial charge in [0.2, 0.25) is 0 Å². The number of fused-ring (bicyclic) bond motifs is 4. The van der Waals surface area contributed by atoms with Gasteiger partial charge in [-0.3, -0.25) is 0 Å². The smallest absolute Gasteiger partial charge is 1.00 e. The zero-order valence-electron chi connectivity index (χ0n) is 21.6. The van der Waals surface area contributed by atoms with Gasteiger partial charge in [-0.05, 0) is 0 Å². The zero-order valence-corrected chi connectivity index (χ0v) is 26.7. The Morgan fingerprint density at radius 1 is 0.811 bits per heavy atom. The van der Waals surface area contributed by atoms with Crippen LogP contribution in [0, 0.1) is 5.92 Å². The maximum absolute atomic E-state index is 2.66. The molecule has 0 nitrogen and oxygen atoms in total. The summed E-state index contributed by atoms with van der Waals surface area (Å²) in [7, 11) is 0. The molecule has 0 aromatic heterocycles. The predicted molar refractivity (Wildman–Crippen MR) is 149 cm³/mol. The standard InChI is InChI=1S/C21H23.C12H8Si.2ClH.Zr/c1-4-17-10-11-19-13-16(12-15(2)3)14-20(19)21(17)18-8-6-5-7-9-18;1-3-7-11-9(5-1)10-6-2-4-8-12(10)13-11;;;/h5-11,13-15H,4,12H2,1-3H3;1-7,13H;2*1H;/q;;;;+2/p-2. The van der Waals surface area contributed by atoms with Crippen molar-refractivity contribution in [1.29, 1.82) is 0 Å². The van der Waals surface area contributed by atoms with Crippen molar-refractivity contribution in [2.75, 3.05) is 0 Å². The van der Waals surface area contributed by atoms with Crippen LogP contribution in [0.2, 0.25) is 0 Å². The van der Waals surface area contributed by atoms with Crippen molar-refractivity contribution in [2.45, 2.75) is 37.2 Å². The Bertz CT molecular complexity index is 1510. The second-order valence-electron chi connectivity index (χ2n) is 10.8. The van der Waals surface area contributed by atoms with Crippen LogP contribution in [0.25, 0.3) is 28.3 Å². The molecule has 0 saturated heterocycles. The SMILES string of the molecule is CCc1ccc2c(c1-c1ccccc1)C=C(CC(C)C)[CH]2[Zr+2]1[c]2cccc3c2[SiH]1c1ccccc1-3.[Cl-].[Cl-]. The topological polar surface area (TPSA) is 0 Å². The van der Waals surface area contributed by atoms with Gasteiger partial charge in [0.15, 0.2) is 0 Å². The molecule has 1 aliphatic carbocycles. The Morgan fingerprint density at radius 2 is 1.54 bits per heavy atom. The van der Waals surface area contributed by atoms with E-state index in [9.17, 15) is 0 Å². The number of allylic oxidation sites excluding steroid dienone is 1. The summed E-state index contributed by atoms with van der Waals surface area (Å²) in [5.74, 6) is -0.356. The fourth-order valence-corrected chi connectivity index (χ4v) is 33.2. The molecule has 2 heterocycles. The van der Waals surface area contributed by atoms with E-state index in [1.54, 1.807) is 33.0 Å². The van der Waals surface area contributed by atoms with Gasteiger partial charge in [0.25, 0.3) is 0 Å². The van der Waals surface area contributed by atoms with E-state index in [1.165, 1.54) is 23.1 Å². The minimum absolute atomic E-state index is 0. The van der Waals surface area contributed by atoms with Gasteiger partial charge >= 0.3 is 219 Å². The molecule has 4 heteroatoms. The summed E-state index contributed by atoms with van der Waals surface area (Å²) in [6.45, 7) is 7.11. The Kier molecular flexibility index (Phi) is 7.60. The summed E-state index contributed by atoms with van der Waals surface area (Å²) < 4.78 is 2.56. The van der Waals surface area contributed by atoms with Crippen LogP contribution in [-0.2, 0) is 27.3 Å². The van der Waals surface area contributed by atoms with E-state index in [4.69, 9.17) is 0 Å². The van der Waals surface area contributed by atoms with Crippen molar-refractivity contribution >= 4 is 25.6 Å². The minimum atomic E-state index is -1.94. The van der Waals surface area contributed by atoms with Crippen molar-refractivity contribution in [2.24, 2.45) is 5.92 Å². The summed E-state index contributed by atoms with van der Waals surface area (Å²) in [6.07, 6.45) is 4.97. The third kappa shape index (κ3) is 4.02. The molecule has 2 atom stereocenters. The summed E-state index contributed by atoms with van der Waals surface area (Å²) in [5.41, 5.74) is 12.5. The molecule has 2 unspecified atom stereocenters. The van der Waals surface area contributed by atoms with Gasteiger partial charge in [0.1, 0.15) is 0 Å². The number of halogens is 2. The van der Waals surface area contributed by atoms with E-state index in [0.717, 1.165) is 6.42 Å². The first-order valence-corrected chi connectivity index (χ1v) is 21.8. The van der Waals surface area contributed by atoms with Gasteiger partial charge in [-0.1, -0.05) is 0 Å². The summed E-state index contributed by atoms with van der Waals surface area (Å²) in [6, 6.07) is 32.9. The van der Waals surface area contributed by atoms with Crippen LogP contribution in [-0.4, -0.2) is 5.92 Å². The molecule has 37 heavy (non-hydrogen) atoms. The second-order valence-corrected chi connectivity index (χ2v) is 25.8. The van der Waals surface area contributed by atoms with E-state index in [2.05, 4.69) is 112 Å². The van der Waals surface area contributed by atoms with Gasteiger partial charge < -0.3 is 24.8 Å². The number of benzene rings is 4. The van der Waals surface area contributed by atoms with Gasteiger partial charge in [-0.25, -0.2) is 0 Å². The Balaban J connectivity index is 0.00000140. The fourth-order valence-electron chi connectivity index (χ4n) is 7.05. The van der Waals surface area contributed by atoms with E-state index >= 15 is 0 Å². The average Bonchev–Trinajstić information content (AvgIpc) is 3.38. The number of hydrogen-bond donors (Lipinski definition) is 0. The van der Waals surface area contributed by atoms with Gasteiger partial charge in [-0.2, -0.15) is 0 Å². The normalized spacial score (nSPS) is 17.7. The van der Waals surface area contributed by atoms with Crippen LogP contribution in [0.4, 0.5) is 0 Å². The molecule has 0 N–H and O–H groups in total. The molecule has 2 aliphatic heterocycles. The molecular weight excluding hydrogens is 587 g/mol. The quantitative estimate of drug-likeness (QED) is 0.281. The Morgan fingerprint density at radius 3 is 2.30 bits per heavy atom. The Labute approximate surface area is 242 Å². The summed E-state index contributed by atoms with van der Waals surface area (Å²) in [5, 5.41) is 3.59. The number of rotatable bonds is 5. The number of hydrogen-bond acceptors (Lipinski definition) is 0. The molecule has 3 aliphatic rings. The molecule has 0 radical (unpaired) electrons. The molecule has 4 aromatic carbocycles. The van der Waals surface area contributed by atoms with Gasteiger partial charge in [0.05, 0.1) is 0 Å². The second kappa shape index (κ2) is 10.5. The molecule has 0 fully saturated rings. The zero-order chi connectivity index (χ0) is 23.7. The molecule has 185 valence electrons. The molecule has 4 aromatic rings. The predicted octanol–water partition coefficient (Wildman–Crippen LogP) is 0.184. The third-order valence-electron chi connectivity index (χ3n) is 8.35. The summed E-state index contributed by atoms with van der Waals surface area (Å²) >= 11 is -1.94. The van der Waals surface area contributed by atoms with E-state index in [1.807, 2.05) is 8.46 Å². The van der Waals surface area contributed by atoms with Crippen LogP contribution in [0.5, 0.6) is 0 Å². The minimum Gasteiger partial charge on any atom is -1.00 e. The molecule has 7 rings (SSSR count). The van der Waals surface area contributed by atoms with E-state index in [-0.39, 0.29) is 24.8 Å². The van der Waals surface area contributed by atoms with Crippen LogP contribution >= 0.6 is 0 Å². The molecule has 0 bridgehead atoms. The van der Waals surface area contributed by atoms with Crippen molar-refractivity contribution in [1.82, 2.24) is 0 Å². The molecular formula is C33H31Cl2SiZr.